The number of benzene rings is 2. The van der Waals surface area contributed by atoms with Crippen LogP contribution in [0.2, 0.25) is 10.0 Å². The lowest BCUT2D eigenvalue weighted by atomic mass is 9.90. The van der Waals surface area contributed by atoms with Gasteiger partial charge < -0.3 is 9.80 Å². The highest BCUT2D eigenvalue weighted by Crippen LogP contribution is 2.39. The number of halogens is 2. The number of hydrogen-bond donors (Lipinski definition) is 0. The fourth-order valence-electron chi connectivity index (χ4n) is 4.87. The maximum Gasteiger partial charge on any atom is 0.199 e. The Labute approximate surface area is 228 Å². The van der Waals surface area contributed by atoms with Crippen molar-refractivity contribution >= 4 is 45.9 Å². The molecule has 0 heterocycles. The Balaban J connectivity index is 2.21. The van der Waals surface area contributed by atoms with Crippen molar-refractivity contribution in [2.24, 2.45) is 0 Å². The lowest BCUT2D eigenvalue weighted by Gasteiger charge is -2.24. The average Bonchev–Trinajstić information content (AvgIpc) is 2.89. The van der Waals surface area contributed by atoms with E-state index in [1.807, 2.05) is 0 Å². The molecule has 5 heteroatoms. The molecular formula is C31H40Cl2N3+. The van der Waals surface area contributed by atoms with Crippen LogP contribution in [0, 0.1) is 0 Å². The van der Waals surface area contributed by atoms with Crippen LogP contribution in [0.3, 0.4) is 0 Å². The fourth-order valence-corrected chi connectivity index (χ4v) is 5.41. The van der Waals surface area contributed by atoms with Gasteiger partial charge in [-0.3, -0.25) is 0 Å². The van der Waals surface area contributed by atoms with Gasteiger partial charge in [0.25, 0.3) is 0 Å². The normalized spacial score (nSPS) is 12.8. The van der Waals surface area contributed by atoms with Gasteiger partial charge in [-0.05, 0) is 89.1 Å². The quantitative estimate of drug-likeness (QED) is 0.290. The third-order valence-corrected chi connectivity index (χ3v) is 7.61. The summed E-state index contributed by atoms with van der Waals surface area (Å²) >= 11 is 14.0. The first kappa shape index (κ1) is 28.1. The molecule has 3 rings (SSSR count). The molecule has 0 saturated carbocycles. The number of hydrogen-bond acceptors (Lipinski definition) is 2. The Hall–Kier alpha value is -2.49. The number of nitrogens with zero attached hydrogens (tertiary/aromatic N) is 3. The second-order valence-electron chi connectivity index (χ2n) is 8.77. The van der Waals surface area contributed by atoms with E-state index in [0.29, 0.717) is 0 Å². The van der Waals surface area contributed by atoms with Crippen molar-refractivity contribution in [3.8, 4) is 0 Å². The molecule has 1 aliphatic carbocycles. The number of rotatable bonds is 10. The van der Waals surface area contributed by atoms with E-state index in [4.69, 9.17) is 23.2 Å². The monoisotopic (exact) mass is 524 g/mol. The molecule has 0 bridgehead atoms. The summed E-state index contributed by atoms with van der Waals surface area (Å²) in [6.45, 7) is 18.7. The highest BCUT2D eigenvalue weighted by Gasteiger charge is 2.20. The SMILES string of the molecule is CCN(CC)c1ccc(C(=C2C=CC(=[N+](CC)CC)C=C2)c2ccc(N(CC)CC)cc2Cl)c(Cl)c1. The molecule has 2 aromatic carbocycles. The number of allylic oxidation sites excluding steroid dienone is 5. The zero-order valence-corrected chi connectivity index (χ0v) is 24.1. The van der Waals surface area contributed by atoms with E-state index in [1.54, 1.807) is 0 Å². The molecule has 3 nitrogen and oxygen atoms in total. The molecule has 0 amide bonds. The van der Waals surface area contributed by atoms with Crippen molar-refractivity contribution in [1.82, 2.24) is 0 Å². The predicted octanol–water partition coefficient (Wildman–Crippen LogP) is 8.11. The smallest absolute Gasteiger partial charge is 0.199 e. The Morgan fingerprint density at radius 2 is 1.06 bits per heavy atom. The third kappa shape index (κ3) is 6.07. The van der Waals surface area contributed by atoms with Gasteiger partial charge in [0.2, 0.25) is 0 Å². The molecule has 2 aromatic rings. The lowest BCUT2D eigenvalue weighted by Crippen LogP contribution is -2.22. The summed E-state index contributed by atoms with van der Waals surface area (Å²) in [5.41, 5.74) is 7.60. The first-order chi connectivity index (χ1) is 17.4. The lowest BCUT2D eigenvalue weighted by molar-refractivity contribution is -0.519. The van der Waals surface area contributed by atoms with E-state index in [0.717, 1.165) is 83.0 Å². The summed E-state index contributed by atoms with van der Waals surface area (Å²) in [4.78, 5) is 4.61. The standard InChI is InChI=1S/C31H40Cl2N3/c1-7-34(8-2)24-15-13-23(14-16-24)31(27-19-17-25(21-29(27)32)35(9-3)10-4)28-20-18-26(22-30(28)33)36(11-5)12-6/h13-22H,7-12H2,1-6H3/q+1. The largest absolute Gasteiger partial charge is 0.372 e. The second kappa shape index (κ2) is 13.2. The van der Waals surface area contributed by atoms with Gasteiger partial charge in [0.1, 0.15) is 13.1 Å². The summed E-state index contributed by atoms with van der Waals surface area (Å²) in [5.74, 6) is 0. The molecule has 0 N–H and O–H groups in total. The maximum absolute atomic E-state index is 6.98. The summed E-state index contributed by atoms with van der Waals surface area (Å²) < 4.78 is 2.35. The van der Waals surface area contributed by atoms with Crippen LogP contribution in [-0.4, -0.2) is 49.6 Å². The molecule has 0 radical (unpaired) electrons. The number of anilines is 2. The molecule has 1 aliphatic rings. The van der Waals surface area contributed by atoms with Gasteiger partial charge in [-0.1, -0.05) is 35.3 Å². The molecule has 0 atom stereocenters. The topological polar surface area (TPSA) is 9.49 Å². The van der Waals surface area contributed by atoms with Crippen molar-refractivity contribution in [3.05, 3.63) is 87.4 Å². The molecule has 0 aromatic heterocycles. The highest BCUT2D eigenvalue weighted by molar-refractivity contribution is 6.35. The minimum atomic E-state index is 0.728. The Bertz CT molecular complexity index is 1090. The van der Waals surface area contributed by atoms with Gasteiger partial charge in [0.05, 0.1) is 10.0 Å². The summed E-state index contributed by atoms with van der Waals surface area (Å²) in [7, 11) is 0. The van der Waals surface area contributed by atoms with E-state index >= 15 is 0 Å². The Kier molecular flexibility index (Phi) is 10.3. The van der Waals surface area contributed by atoms with Crippen LogP contribution in [0.1, 0.15) is 52.7 Å². The molecular weight excluding hydrogens is 485 g/mol. The van der Waals surface area contributed by atoms with Crippen molar-refractivity contribution in [2.45, 2.75) is 41.5 Å². The van der Waals surface area contributed by atoms with Gasteiger partial charge in [0.15, 0.2) is 5.71 Å². The van der Waals surface area contributed by atoms with Gasteiger partial charge in [-0.25, -0.2) is 4.58 Å². The summed E-state index contributed by atoms with van der Waals surface area (Å²) in [5, 5.41) is 1.46. The van der Waals surface area contributed by atoms with Crippen molar-refractivity contribution in [1.29, 1.82) is 0 Å². The van der Waals surface area contributed by atoms with E-state index in [9.17, 15) is 0 Å². The van der Waals surface area contributed by atoms with Crippen LogP contribution in [0.25, 0.3) is 5.57 Å². The van der Waals surface area contributed by atoms with E-state index in [-0.39, 0.29) is 0 Å². The van der Waals surface area contributed by atoms with Gasteiger partial charge in [0, 0.05) is 60.8 Å². The molecule has 36 heavy (non-hydrogen) atoms. The third-order valence-electron chi connectivity index (χ3n) is 6.99. The molecule has 0 fully saturated rings. The van der Waals surface area contributed by atoms with Crippen LogP contribution in [-0.2, 0) is 0 Å². The zero-order valence-electron chi connectivity index (χ0n) is 22.6. The Morgan fingerprint density at radius 1 is 0.639 bits per heavy atom. The Morgan fingerprint density at radius 3 is 1.39 bits per heavy atom. The minimum Gasteiger partial charge on any atom is -0.372 e. The van der Waals surface area contributed by atoms with Gasteiger partial charge >= 0.3 is 0 Å². The molecule has 0 aliphatic heterocycles. The molecule has 0 unspecified atom stereocenters. The average molecular weight is 526 g/mol. The predicted molar refractivity (Wildman–Crippen MR) is 161 cm³/mol. The fraction of sp³-hybridized carbons (Fsp3) is 0.387. The van der Waals surface area contributed by atoms with Crippen LogP contribution >= 0.6 is 23.2 Å². The molecule has 192 valence electrons. The van der Waals surface area contributed by atoms with Gasteiger partial charge in [-0.15, -0.1) is 0 Å². The van der Waals surface area contributed by atoms with Crippen molar-refractivity contribution in [2.75, 3.05) is 49.1 Å². The van der Waals surface area contributed by atoms with E-state index in [1.165, 1.54) is 5.71 Å². The van der Waals surface area contributed by atoms with E-state index in [2.05, 4.69) is 117 Å². The summed E-state index contributed by atoms with van der Waals surface area (Å²) in [6.07, 6.45) is 8.76. The zero-order chi connectivity index (χ0) is 26.2. The van der Waals surface area contributed by atoms with Crippen LogP contribution < -0.4 is 9.80 Å². The van der Waals surface area contributed by atoms with Crippen molar-refractivity contribution < 1.29 is 4.58 Å². The highest BCUT2D eigenvalue weighted by atomic mass is 35.5. The van der Waals surface area contributed by atoms with Gasteiger partial charge in [-0.2, -0.15) is 0 Å². The van der Waals surface area contributed by atoms with Crippen LogP contribution in [0.15, 0.2) is 66.3 Å². The van der Waals surface area contributed by atoms with E-state index < -0.39 is 0 Å². The van der Waals surface area contributed by atoms with Crippen LogP contribution in [0.4, 0.5) is 11.4 Å². The second-order valence-corrected chi connectivity index (χ2v) is 9.58. The first-order valence-corrected chi connectivity index (χ1v) is 14.0. The van der Waals surface area contributed by atoms with Crippen LogP contribution in [0.5, 0.6) is 0 Å². The molecule has 0 saturated heterocycles. The first-order valence-electron chi connectivity index (χ1n) is 13.2. The molecule has 0 spiro atoms. The maximum atomic E-state index is 6.98. The summed E-state index contributed by atoms with van der Waals surface area (Å²) in [6, 6.07) is 12.8. The van der Waals surface area contributed by atoms with Crippen molar-refractivity contribution in [3.63, 3.8) is 0 Å². The minimum absolute atomic E-state index is 0.728.